The van der Waals surface area contributed by atoms with E-state index < -0.39 is 0 Å². The van der Waals surface area contributed by atoms with Crippen LogP contribution in [0.1, 0.15) is 36.8 Å². The highest BCUT2D eigenvalue weighted by Crippen LogP contribution is 2.36. The van der Waals surface area contributed by atoms with Gasteiger partial charge >= 0.3 is 5.97 Å². The largest absolute Gasteiger partial charge is 0.465 e. The van der Waals surface area contributed by atoms with Crippen LogP contribution in [0.5, 0.6) is 0 Å². The van der Waals surface area contributed by atoms with Crippen molar-refractivity contribution in [3.63, 3.8) is 0 Å². The molecular formula is C23H26N2O4S2. The number of fused-ring (bicyclic) bond motifs is 3. The number of hydrogen-bond donors (Lipinski definition) is 0. The van der Waals surface area contributed by atoms with E-state index in [0.29, 0.717) is 36.2 Å². The van der Waals surface area contributed by atoms with Crippen molar-refractivity contribution in [2.24, 2.45) is 5.92 Å². The molecule has 1 aliphatic rings. The number of thiophene rings is 1. The third-order valence-electron chi connectivity index (χ3n) is 5.34. The lowest BCUT2D eigenvalue weighted by Crippen LogP contribution is -2.29. The second kappa shape index (κ2) is 9.54. The molecule has 0 spiro atoms. The predicted molar refractivity (Wildman–Crippen MR) is 124 cm³/mol. The first-order chi connectivity index (χ1) is 15.0. The Morgan fingerprint density at radius 2 is 2.13 bits per heavy atom. The minimum Gasteiger partial charge on any atom is -0.465 e. The van der Waals surface area contributed by atoms with Gasteiger partial charge in [-0.2, -0.15) is 0 Å². The maximum Gasteiger partial charge on any atom is 0.316 e. The van der Waals surface area contributed by atoms with E-state index in [0.717, 1.165) is 27.3 Å². The molecule has 3 aromatic rings. The number of nitrogens with zero attached hydrogens (tertiary/aromatic N) is 2. The highest BCUT2D eigenvalue weighted by atomic mass is 32.2. The van der Waals surface area contributed by atoms with Crippen molar-refractivity contribution in [2.45, 2.75) is 51.6 Å². The van der Waals surface area contributed by atoms with Crippen molar-refractivity contribution >= 4 is 39.3 Å². The average molecular weight is 459 g/mol. The number of hydrogen-bond acceptors (Lipinski definition) is 7. The van der Waals surface area contributed by atoms with E-state index in [-0.39, 0.29) is 23.4 Å². The molecule has 2 aromatic heterocycles. The summed E-state index contributed by atoms with van der Waals surface area (Å²) < 4.78 is 12.7. The van der Waals surface area contributed by atoms with E-state index >= 15 is 0 Å². The lowest BCUT2D eigenvalue weighted by molar-refractivity contribution is -0.139. The van der Waals surface area contributed by atoms with Gasteiger partial charge in [0.1, 0.15) is 4.83 Å². The Morgan fingerprint density at radius 3 is 2.84 bits per heavy atom. The van der Waals surface area contributed by atoms with Gasteiger partial charge in [-0.1, -0.05) is 55.9 Å². The van der Waals surface area contributed by atoms with E-state index in [1.54, 1.807) is 11.5 Å². The van der Waals surface area contributed by atoms with Gasteiger partial charge in [0.15, 0.2) is 5.16 Å². The van der Waals surface area contributed by atoms with E-state index in [1.165, 1.54) is 23.1 Å². The fourth-order valence-corrected chi connectivity index (χ4v) is 5.67. The number of carbonyl (C=O) groups excluding carboxylic acids is 1. The Hall–Kier alpha value is -2.16. The molecule has 0 saturated heterocycles. The Kier molecular flexibility index (Phi) is 6.79. The molecule has 0 bridgehead atoms. The normalized spacial score (nSPS) is 15.9. The van der Waals surface area contributed by atoms with E-state index in [1.807, 2.05) is 30.3 Å². The number of ether oxygens (including phenoxy) is 2. The van der Waals surface area contributed by atoms with Gasteiger partial charge in [-0.15, -0.1) is 11.3 Å². The fourth-order valence-electron chi connectivity index (χ4n) is 3.71. The van der Waals surface area contributed by atoms with Gasteiger partial charge in [0.05, 0.1) is 37.0 Å². The molecule has 0 unspecified atom stereocenters. The van der Waals surface area contributed by atoms with Crippen molar-refractivity contribution < 1.29 is 14.3 Å². The maximum atomic E-state index is 13.7. The highest BCUT2D eigenvalue weighted by Gasteiger charge is 2.28. The lowest BCUT2D eigenvalue weighted by Gasteiger charge is -2.26. The first-order valence-corrected chi connectivity index (χ1v) is 12.3. The number of rotatable bonds is 7. The third kappa shape index (κ3) is 4.71. The predicted octanol–water partition coefficient (Wildman–Crippen LogP) is 4.26. The van der Waals surface area contributed by atoms with Crippen LogP contribution in [0, 0.1) is 5.92 Å². The van der Waals surface area contributed by atoms with Gasteiger partial charge in [-0.25, -0.2) is 4.98 Å². The molecule has 0 fully saturated rings. The van der Waals surface area contributed by atoms with Crippen molar-refractivity contribution in [2.75, 3.05) is 12.4 Å². The minimum atomic E-state index is -0.313. The number of benzene rings is 1. The summed E-state index contributed by atoms with van der Waals surface area (Å²) in [6, 6.07) is 9.83. The zero-order chi connectivity index (χ0) is 22.0. The molecule has 3 heterocycles. The van der Waals surface area contributed by atoms with Gasteiger partial charge in [0, 0.05) is 11.3 Å². The molecule has 1 aromatic carbocycles. The van der Waals surface area contributed by atoms with Gasteiger partial charge in [0.25, 0.3) is 5.56 Å². The standard InChI is InChI=1S/C23H26N2O4S2/c1-4-28-19(26)13-30-23-24-21-20(16-10-17(14(2)3)29-12-18(16)31-21)22(27)25(23)11-15-8-6-5-7-9-15/h5-9,14,17H,4,10-13H2,1-3H3/t17-/m1/s1. The quantitative estimate of drug-likeness (QED) is 0.299. The summed E-state index contributed by atoms with van der Waals surface area (Å²) >= 11 is 2.77. The first-order valence-electron chi connectivity index (χ1n) is 10.5. The van der Waals surface area contributed by atoms with Crippen LogP contribution in [0.2, 0.25) is 0 Å². The van der Waals surface area contributed by atoms with Crippen LogP contribution < -0.4 is 5.56 Å². The summed E-state index contributed by atoms with van der Waals surface area (Å²) in [7, 11) is 0. The monoisotopic (exact) mass is 458 g/mol. The second-order valence-corrected chi connectivity index (χ2v) is 9.87. The molecule has 1 atom stereocenters. The summed E-state index contributed by atoms with van der Waals surface area (Å²) in [5.74, 6) is 0.179. The molecule has 164 valence electrons. The van der Waals surface area contributed by atoms with Gasteiger partial charge < -0.3 is 9.47 Å². The summed E-state index contributed by atoms with van der Waals surface area (Å²) in [5.41, 5.74) is 2.03. The zero-order valence-corrected chi connectivity index (χ0v) is 19.6. The van der Waals surface area contributed by atoms with Crippen LogP contribution in [0.15, 0.2) is 40.3 Å². The van der Waals surface area contributed by atoms with Crippen LogP contribution in [0.4, 0.5) is 0 Å². The SMILES string of the molecule is CCOC(=O)CSc1nc2sc3c(c2c(=O)n1Cc1ccccc1)C[C@H](C(C)C)OC3. The topological polar surface area (TPSA) is 70.4 Å². The van der Waals surface area contributed by atoms with Gasteiger partial charge in [0.2, 0.25) is 0 Å². The number of carbonyl (C=O) groups is 1. The van der Waals surface area contributed by atoms with Crippen LogP contribution in [0.25, 0.3) is 10.2 Å². The average Bonchev–Trinajstić information content (AvgIpc) is 3.13. The molecular weight excluding hydrogens is 432 g/mol. The molecule has 6 nitrogen and oxygen atoms in total. The molecule has 1 aliphatic heterocycles. The molecule has 8 heteroatoms. The van der Waals surface area contributed by atoms with E-state index in [2.05, 4.69) is 13.8 Å². The summed E-state index contributed by atoms with van der Waals surface area (Å²) in [4.78, 5) is 32.2. The van der Waals surface area contributed by atoms with Crippen LogP contribution >= 0.6 is 23.1 Å². The van der Waals surface area contributed by atoms with Crippen LogP contribution in [-0.4, -0.2) is 34.0 Å². The van der Waals surface area contributed by atoms with Crippen molar-refractivity contribution in [1.29, 1.82) is 0 Å². The molecule has 0 saturated carbocycles. The van der Waals surface area contributed by atoms with E-state index in [4.69, 9.17) is 14.5 Å². The smallest absolute Gasteiger partial charge is 0.316 e. The Morgan fingerprint density at radius 1 is 1.35 bits per heavy atom. The van der Waals surface area contributed by atoms with Crippen LogP contribution in [0.3, 0.4) is 0 Å². The Bertz CT molecular complexity index is 1140. The maximum absolute atomic E-state index is 13.7. The van der Waals surface area contributed by atoms with Crippen molar-refractivity contribution in [3.8, 4) is 0 Å². The highest BCUT2D eigenvalue weighted by molar-refractivity contribution is 7.99. The third-order valence-corrected chi connectivity index (χ3v) is 7.39. The number of esters is 1. The van der Waals surface area contributed by atoms with Gasteiger partial charge in [-0.3, -0.25) is 14.2 Å². The van der Waals surface area contributed by atoms with Crippen molar-refractivity contribution in [1.82, 2.24) is 9.55 Å². The Balaban J connectivity index is 1.79. The second-order valence-electron chi connectivity index (χ2n) is 7.85. The molecule has 0 N–H and O–H groups in total. The first kappa shape index (κ1) is 22.0. The summed E-state index contributed by atoms with van der Waals surface area (Å²) in [6.45, 7) is 7.31. The summed E-state index contributed by atoms with van der Waals surface area (Å²) in [5, 5.41) is 1.24. The minimum absolute atomic E-state index is 0.0536. The molecule has 0 amide bonds. The molecule has 0 aliphatic carbocycles. The zero-order valence-electron chi connectivity index (χ0n) is 17.9. The summed E-state index contributed by atoms with van der Waals surface area (Å²) in [6.07, 6.45) is 0.829. The number of thioether (sulfide) groups is 1. The molecule has 4 rings (SSSR count). The van der Waals surface area contributed by atoms with Crippen LogP contribution in [-0.2, 0) is 33.8 Å². The lowest BCUT2D eigenvalue weighted by atomic mass is 9.96. The number of aromatic nitrogens is 2. The fraction of sp³-hybridized carbons (Fsp3) is 0.435. The van der Waals surface area contributed by atoms with E-state index in [9.17, 15) is 9.59 Å². The Labute approximate surface area is 189 Å². The molecule has 0 radical (unpaired) electrons. The van der Waals surface area contributed by atoms with Crippen molar-refractivity contribution in [3.05, 3.63) is 56.7 Å². The molecule has 31 heavy (non-hydrogen) atoms. The van der Waals surface area contributed by atoms with Gasteiger partial charge in [-0.05, 0) is 24.0 Å².